The molecule has 2 amide bonds. The second-order valence-electron chi connectivity index (χ2n) is 8.04. The Balaban J connectivity index is 1.79. The molecule has 7 heteroatoms. The number of amides is 2. The van der Waals surface area contributed by atoms with Gasteiger partial charge in [-0.2, -0.15) is 0 Å². The van der Waals surface area contributed by atoms with Gasteiger partial charge in [-0.15, -0.1) is 0 Å². The second kappa shape index (κ2) is 11.3. The van der Waals surface area contributed by atoms with Gasteiger partial charge < -0.3 is 10.2 Å². The van der Waals surface area contributed by atoms with Crippen LogP contribution in [0.2, 0.25) is 10.0 Å². The first kappa shape index (κ1) is 24.1. The molecule has 31 heavy (non-hydrogen) atoms. The maximum atomic E-state index is 13.3. The first-order valence-corrected chi connectivity index (χ1v) is 12.2. The van der Waals surface area contributed by atoms with Gasteiger partial charge in [0.15, 0.2) is 0 Å². The molecule has 0 bridgehead atoms. The van der Waals surface area contributed by atoms with Crippen molar-refractivity contribution < 1.29 is 9.59 Å². The lowest BCUT2D eigenvalue weighted by atomic mass is 9.95. The number of nitrogens with one attached hydrogen (secondary N) is 1. The van der Waals surface area contributed by atoms with Crippen molar-refractivity contribution in [3.63, 3.8) is 0 Å². The van der Waals surface area contributed by atoms with Gasteiger partial charge >= 0.3 is 0 Å². The van der Waals surface area contributed by atoms with E-state index in [0.717, 1.165) is 35.7 Å². The van der Waals surface area contributed by atoms with Crippen LogP contribution in [0.5, 0.6) is 0 Å². The summed E-state index contributed by atoms with van der Waals surface area (Å²) in [6.45, 7) is 2.11. The van der Waals surface area contributed by atoms with Crippen LogP contribution in [0, 0.1) is 0 Å². The number of hydrogen-bond donors (Lipinski definition) is 1. The SMILES string of the molecule is CC(C(=O)NC1CCCCC1)N(Cc1ccc(Br)cc1)C(=O)Cc1c(Cl)cccc1Cl. The molecular formula is C24H27BrCl2N2O2. The van der Waals surface area contributed by atoms with Crippen molar-refractivity contribution in [2.45, 2.75) is 64.1 Å². The molecule has 166 valence electrons. The summed E-state index contributed by atoms with van der Waals surface area (Å²) >= 11 is 16.0. The first-order chi connectivity index (χ1) is 14.8. The molecule has 2 aromatic carbocycles. The van der Waals surface area contributed by atoms with Crippen LogP contribution < -0.4 is 5.32 Å². The van der Waals surface area contributed by atoms with Gasteiger partial charge in [0, 0.05) is 27.1 Å². The van der Waals surface area contributed by atoms with Crippen molar-refractivity contribution >= 4 is 50.9 Å². The Morgan fingerprint density at radius 1 is 1.06 bits per heavy atom. The van der Waals surface area contributed by atoms with Crippen molar-refractivity contribution in [2.75, 3.05) is 0 Å². The molecule has 2 aromatic rings. The van der Waals surface area contributed by atoms with Crippen molar-refractivity contribution in [1.29, 1.82) is 0 Å². The fourth-order valence-electron chi connectivity index (χ4n) is 3.89. The van der Waals surface area contributed by atoms with Crippen LogP contribution >= 0.6 is 39.1 Å². The van der Waals surface area contributed by atoms with E-state index in [0.29, 0.717) is 22.2 Å². The fourth-order valence-corrected chi connectivity index (χ4v) is 4.69. The van der Waals surface area contributed by atoms with E-state index >= 15 is 0 Å². The molecule has 1 saturated carbocycles. The van der Waals surface area contributed by atoms with E-state index in [1.165, 1.54) is 6.42 Å². The number of hydrogen-bond acceptors (Lipinski definition) is 2. The van der Waals surface area contributed by atoms with Gasteiger partial charge in [0.2, 0.25) is 11.8 Å². The number of carbonyl (C=O) groups excluding carboxylic acids is 2. The van der Waals surface area contributed by atoms with Crippen LogP contribution in [0.4, 0.5) is 0 Å². The lowest BCUT2D eigenvalue weighted by Crippen LogP contribution is -2.50. The smallest absolute Gasteiger partial charge is 0.242 e. The van der Waals surface area contributed by atoms with Gasteiger partial charge in [-0.1, -0.05) is 76.6 Å². The Kier molecular flexibility index (Phi) is 8.82. The molecule has 0 aliphatic heterocycles. The van der Waals surface area contributed by atoms with Gasteiger partial charge in [-0.25, -0.2) is 0 Å². The molecule has 0 spiro atoms. The predicted octanol–water partition coefficient (Wildman–Crippen LogP) is 6.16. The van der Waals surface area contributed by atoms with Gasteiger partial charge in [0.05, 0.1) is 6.42 Å². The third kappa shape index (κ3) is 6.71. The Hall–Kier alpha value is -1.56. The van der Waals surface area contributed by atoms with E-state index in [-0.39, 0.29) is 24.3 Å². The van der Waals surface area contributed by atoms with E-state index in [9.17, 15) is 9.59 Å². The molecule has 3 rings (SSSR count). The molecule has 0 radical (unpaired) electrons. The van der Waals surface area contributed by atoms with E-state index in [2.05, 4.69) is 21.2 Å². The van der Waals surface area contributed by atoms with Crippen LogP contribution in [-0.4, -0.2) is 28.8 Å². The van der Waals surface area contributed by atoms with Crippen molar-refractivity contribution in [3.05, 3.63) is 68.1 Å². The molecule has 1 aliphatic carbocycles. The van der Waals surface area contributed by atoms with Crippen LogP contribution in [0.25, 0.3) is 0 Å². The fraction of sp³-hybridized carbons (Fsp3) is 0.417. The zero-order valence-corrected chi connectivity index (χ0v) is 20.6. The summed E-state index contributed by atoms with van der Waals surface area (Å²) in [6.07, 6.45) is 5.51. The summed E-state index contributed by atoms with van der Waals surface area (Å²) in [7, 11) is 0. The lowest BCUT2D eigenvalue weighted by molar-refractivity contribution is -0.140. The van der Waals surface area contributed by atoms with Crippen molar-refractivity contribution in [1.82, 2.24) is 10.2 Å². The number of nitrogens with zero attached hydrogens (tertiary/aromatic N) is 1. The minimum atomic E-state index is -0.612. The van der Waals surface area contributed by atoms with Crippen LogP contribution in [0.15, 0.2) is 46.9 Å². The standard InChI is InChI=1S/C24H27BrCl2N2O2/c1-16(24(31)28-19-6-3-2-4-7-19)29(15-17-10-12-18(25)13-11-17)23(30)14-20-21(26)8-5-9-22(20)27/h5,8-13,16,19H,2-4,6-7,14-15H2,1H3,(H,28,31). The Bertz CT molecular complexity index is 894. The summed E-state index contributed by atoms with van der Waals surface area (Å²) in [5, 5.41) is 4.04. The van der Waals surface area contributed by atoms with Gasteiger partial charge in [0.1, 0.15) is 6.04 Å². The molecule has 0 saturated heterocycles. The number of carbonyl (C=O) groups is 2. The topological polar surface area (TPSA) is 49.4 Å². The minimum Gasteiger partial charge on any atom is -0.352 e. The van der Waals surface area contributed by atoms with Crippen molar-refractivity contribution in [3.8, 4) is 0 Å². The highest BCUT2D eigenvalue weighted by atomic mass is 79.9. The summed E-state index contributed by atoms with van der Waals surface area (Å²) < 4.78 is 0.958. The van der Waals surface area contributed by atoms with E-state index < -0.39 is 6.04 Å². The van der Waals surface area contributed by atoms with Crippen LogP contribution in [0.3, 0.4) is 0 Å². The second-order valence-corrected chi connectivity index (χ2v) is 9.77. The molecular weight excluding hydrogens is 499 g/mol. The number of halogens is 3. The Morgan fingerprint density at radius 3 is 2.29 bits per heavy atom. The summed E-state index contributed by atoms with van der Waals surface area (Å²) in [5.74, 6) is -0.313. The molecule has 1 fully saturated rings. The Morgan fingerprint density at radius 2 is 1.68 bits per heavy atom. The number of rotatable bonds is 7. The molecule has 1 atom stereocenters. The number of benzene rings is 2. The normalized spacial score (nSPS) is 15.4. The zero-order chi connectivity index (χ0) is 22.4. The molecule has 1 N–H and O–H groups in total. The summed E-state index contributed by atoms with van der Waals surface area (Å²) in [5.41, 5.74) is 1.52. The molecule has 0 aromatic heterocycles. The Labute approximate surface area is 202 Å². The first-order valence-electron chi connectivity index (χ1n) is 10.6. The van der Waals surface area contributed by atoms with Crippen molar-refractivity contribution in [2.24, 2.45) is 0 Å². The zero-order valence-electron chi connectivity index (χ0n) is 17.5. The average Bonchev–Trinajstić information content (AvgIpc) is 2.76. The van der Waals surface area contributed by atoms with E-state index in [1.807, 2.05) is 24.3 Å². The average molecular weight is 526 g/mol. The van der Waals surface area contributed by atoms with Gasteiger partial charge in [-0.05, 0) is 55.2 Å². The van der Waals surface area contributed by atoms with Gasteiger partial charge in [-0.3, -0.25) is 9.59 Å². The summed E-state index contributed by atoms with van der Waals surface area (Å²) in [4.78, 5) is 28.0. The highest BCUT2D eigenvalue weighted by Crippen LogP contribution is 2.26. The third-order valence-corrected chi connectivity index (χ3v) is 7.01. The monoisotopic (exact) mass is 524 g/mol. The lowest BCUT2D eigenvalue weighted by Gasteiger charge is -2.31. The van der Waals surface area contributed by atoms with E-state index in [1.54, 1.807) is 30.0 Å². The summed E-state index contributed by atoms with van der Waals surface area (Å²) in [6, 6.07) is 12.5. The van der Waals surface area contributed by atoms with Crippen LogP contribution in [0.1, 0.15) is 50.2 Å². The van der Waals surface area contributed by atoms with E-state index in [4.69, 9.17) is 23.2 Å². The largest absolute Gasteiger partial charge is 0.352 e. The highest BCUT2D eigenvalue weighted by molar-refractivity contribution is 9.10. The van der Waals surface area contributed by atoms with Crippen LogP contribution in [-0.2, 0) is 22.6 Å². The molecule has 4 nitrogen and oxygen atoms in total. The van der Waals surface area contributed by atoms with Gasteiger partial charge in [0.25, 0.3) is 0 Å². The predicted molar refractivity (Wildman–Crippen MR) is 129 cm³/mol. The minimum absolute atomic E-state index is 0.0378. The highest BCUT2D eigenvalue weighted by Gasteiger charge is 2.28. The third-order valence-electron chi connectivity index (χ3n) is 5.77. The maximum Gasteiger partial charge on any atom is 0.242 e. The molecule has 1 aliphatic rings. The molecule has 1 unspecified atom stereocenters. The maximum absolute atomic E-state index is 13.3. The molecule has 0 heterocycles. The quantitative estimate of drug-likeness (QED) is 0.470.